The van der Waals surface area contributed by atoms with Crippen LogP contribution >= 0.6 is 12.4 Å². The summed E-state index contributed by atoms with van der Waals surface area (Å²) >= 11 is 0. The molecular formula is C15H24ClN3O2. The highest BCUT2D eigenvalue weighted by Crippen LogP contribution is 2.26. The van der Waals surface area contributed by atoms with Crippen LogP contribution in [-0.2, 0) is 4.79 Å². The van der Waals surface area contributed by atoms with Crippen molar-refractivity contribution in [3.05, 3.63) is 23.7 Å². The molecule has 1 aromatic rings. The van der Waals surface area contributed by atoms with E-state index in [0.29, 0.717) is 6.54 Å². The average Bonchev–Trinajstić information content (AvgIpc) is 2.99. The van der Waals surface area contributed by atoms with E-state index in [2.05, 4.69) is 15.5 Å². The molecule has 0 saturated carbocycles. The molecule has 0 aliphatic carbocycles. The number of hydrogen-bond donors (Lipinski definition) is 2. The van der Waals surface area contributed by atoms with E-state index in [-0.39, 0.29) is 30.3 Å². The number of amides is 1. The summed E-state index contributed by atoms with van der Waals surface area (Å²) in [5.41, 5.74) is 0. The number of aryl methyl sites for hydroxylation is 1. The van der Waals surface area contributed by atoms with Crippen LogP contribution in [0.1, 0.15) is 30.4 Å². The van der Waals surface area contributed by atoms with Gasteiger partial charge in [0.25, 0.3) is 0 Å². The maximum Gasteiger partial charge on any atom is 0.225 e. The lowest BCUT2D eigenvalue weighted by atomic mass is 10.0. The van der Waals surface area contributed by atoms with Crippen LogP contribution in [-0.4, -0.2) is 43.5 Å². The molecule has 1 amide bonds. The number of rotatable bonds is 5. The molecule has 21 heavy (non-hydrogen) atoms. The Morgan fingerprint density at radius 2 is 2.14 bits per heavy atom. The number of carbonyl (C=O) groups is 1. The van der Waals surface area contributed by atoms with Crippen molar-refractivity contribution in [3.8, 4) is 0 Å². The fraction of sp³-hybridized carbons (Fsp3) is 0.667. The van der Waals surface area contributed by atoms with Crippen LogP contribution in [0.15, 0.2) is 16.5 Å². The van der Waals surface area contributed by atoms with Gasteiger partial charge in [0.05, 0.1) is 12.0 Å². The monoisotopic (exact) mass is 313 g/mol. The Labute approximate surface area is 131 Å². The Hall–Kier alpha value is -1.04. The van der Waals surface area contributed by atoms with Crippen molar-refractivity contribution < 1.29 is 9.21 Å². The Bertz CT molecular complexity index is 467. The normalized spacial score (nSPS) is 20.6. The first-order chi connectivity index (χ1) is 9.74. The number of hydrogen-bond acceptors (Lipinski definition) is 4. The summed E-state index contributed by atoms with van der Waals surface area (Å²) in [4.78, 5) is 14.4. The summed E-state index contributed by atoms with van der Waals surface area (Å²) in [5.74, 6) is 2.21. The molecule has 1 aromatic heterocycles. The van der Waals surface area contributed by atoms with Crippen LogP contribution in [0.3, 0.4) is 0 Å². The van der Waals surface area contributed by atoms with E-state index in [4.69, 9.17) is 4.42 Å². The maximum absolute atomic E-state index is 12.0. The lowest BCUT2D eigenvalue weighted by Gasteiger charge is -2.29. The van der Waals surface area contributed by atoms with Gasteiger partial charge in [-0.05, 0) is 45.0 Å². The molecule has 0 radical (unpaired) electrons. The molecule has 2 N–H and O–H groups in total. The van der Waals surface area contributed by atoms with Crippen LogP contribution in [0.5, 0.6) is 0 Å². The second-order valence-electron chi connectivity index (χ2n) is 5.81. The van der Waals surface area contributed by atoms with Gasteiger partial charge in [0, 0.05) is 19.6 Å². The Morgan fingerprint density at radius 1 is 1.43 bits per heavy atom. The van der Waals surface area contributed by atoms with Crippen molar-refractivity contribution in [1.82, 2.24) is 15.5 Å². The quantitative estimate of drug-likeness (QED) is 0.864. The minimum Gasteiger partial charge on any atom is -0.465 e. The minimum atomic E-state index is 0. The van der Waals surface area contributed by atoms with E-state index in [1.54, 1.807) is 0 Å². The predicted octanol–water partition coefficient (Wildman–Crippen LogP) is 1.48. The van der Waals surface area contributed by atoms with Gasteiger partial charge < -0.3 is 15.1 Å². The fourth-order valence-electron chi connectivity index (χ4n) is 2.91. The predicted molar refractivity (Wildman–Crippen MR) is 83.6 cm³/mol. The Balaban J connectivity index is 0.00000161. The summed E-state index contributed by atoms with van der Waals surface area (Å²) in [7, 11) is 0. The smallest absolute Gasteiger partial charge is 0.225 e. The number of likely N-dealkylation sites (tertiary alicyclic amines) is 1. The second-order valence-corrected chi connectivity index (χ2v) is 5.81. The van der Waals surface area contributed by atoms with Gasteiger partial charge in [-0.15, -0.1) is 12.4 Å². The highest BCUT2D eigenvalue weighted by Gasteiger charge is 2.29. The Morgan fingerprint density at radius 3 is 2.67 bits per heavy atom. The average molecular weight is 314 g/mol. The molecule has 0 spiro atoms. The van der Waals surface area contributed by atoms with Crippen molar-refractivity contribution in [2.75, 3.05) is 32.7 Å². The molecule has 0 bridgehead atoms. The topological polar surface area (TPSA) is 57.5 Å². The third-order valence-corrected chi connectivity index (χ3v) is 4.29. The number of carbonyl (C=O) groups excluding carboxylic acids is 1. The molecule has 3 heterocycles. The van der Waals surface area contributed by atoms with E-state index in [1.807, 2.05) is 19.1 Å². The number of nitrogens with one attached hydrogen (secondary N) is 2. The number of furan rings is 1. The zero-order valence-electron chi connectivity index (χ0n) is 12.4. The van der Waals surface area contributed by atoms with Crippen LogP contribution in [0.2, 0.25) is 0 Å². The lowest BCUT2D eigenvalue weighted by molar-refractivity contribution is -0.126. The van der Waals surface area contributed by atoms with E-state index in [0.717, 1.165) is 37.7 Å². The first-order valence-electron chi connectivity index (χ1n) is 7.53. The van der Waals surface area contributed by atoms with Crippen LogP contribution in [0.4, 0.5) is 0 Å². The molecule has 2 aliphatic rings. The number of nitrogens with zero attached hydrogens (tertiary/aromatic N) is 1. The van der Waals surface area contributed by atoms with Crippen molar-refractivity contribution in [2.45, 2.75) is 25.8 Å². The molecule has 3 rings (SSSR count). The highest BCUT2D eigenvalue weighted by atomic mass is 35.5. The van der Waals surface area contributed by atoms with Crippen molar-refractivity contribution >= 4 is 18.3 Å². The van der Waals surface area contributed by atoms with E-state index < -0.39 is 0 Å². The fourth-order valence-corrected chi connectivity index (χ4v) is 2.91. The van der Waals surface area contributed by atoms with Crippen LogP contribution in [0, 0.1) is 12.8 Å². The summed E-state index contributed by atoms with van der Waals surface area (Å²) in [6, 6.07) is 4.20. The molecule has 0 aromatic carbocycles. The minimum absolute atomic E-state index is 0. The van der Waals surface area contributed by atoms with E-state index in [1.165, 1.54) is 12.8 Å². The van der Waals surface area contributed by atoms with Gasteiger partial charge in [-0.2, -0.15) is 0 Å². The summed E-state index contributed by atoms with van der Waals surface area (Å²) in [6.07, 6.45) is 2.47. The van der Waals surface area contributed by atoms with Gasteiger partial charge >= 0.3 is 0 Å². The zero-order valence-corrected chi connectivity index (χ0v) is 13.2. The van der Waals surface area contributed by atoms with E-state index in [9.17, 15) is 4.79 Å². The van der Waals surface area contributed by atoms with E-state index >= 15 is 0 Å². The number of halogens is 1. The first-order valence-corrected chi connectivity index (χ1v) is 7.53. The van der Waals surface area contributed by atoms with Crippen LogP contribution in [0.25, 0.3) is 0 Å². The van der Waals surface area contributed by atoms with Crippen molar-refractivity contribution in [2.24, 2.45) is 5.92 Å². The molecule has 118 valence electrons. The Kier molecular flexibility index (Phi) is 5.67. The standard InChI is InChI=1S/C15H23N3O2.ClH/c1-11-4-5-14(20-11)13(18-6-2-3-7-18)10-17-15(19)12-8-16-9-12;/h4-5,12-13,16H,2-3,6-10H2,1H3,(H,17,19);1H. The molecule has 2 fully saturated rings. The molecule has 2 aliphatic heterocycles. The molecule has 2 saturated heterocycles. The molecular weight excluding hydrogens is 290 g/mol. The maximum atomic E-state index is 12.0. The lowest BCUT2D eigenvalue weighted by Crippen LogP contribution is -2.51. The van der Waals surface area contributed by atoms with Gasteiger partial charge in [-0.1, -0.05) is 0 Å². The third kappa shape index (κ3) is 3.78. The highest BCUT2D eigenvalue weighted by molar-refractivity contribution is 5.85. The third-order valence-electron chi connectivity index (χ3n) is 4.29. The summed E-state index contributed by atoms with van der Waals surface area (Å²) in [6.45, 7) is 6.39. The zero-order chi connectivity index (χ0) is 13.9. The second kappa shape index (κ2) is 7.29. The van der Waals surface area contributed by atoms with Crippen LogP contribution < -0.4 is 10.6 Å². The van der Waals surface area contributed by atoms with Gasteiger partial charge in [-0.25, -0.2) is 0 Å². The molecule has 5 nitrogen and oxygen atoms in total. The molecule has 1 atom stereocenters. The first kappa shape index (κ1) is 16.3. The SMILES string of the molecule is Cc1ccc(C(CNC(=O)C2CNC2)N2CCCC2)o1.Cl. The van der Waals surface area contributed by atoms with Gasteiger partial charge in [0.15, 0.2) is 0 Å². The summed E-state index contributed by atoms with van der Waals surface area (Å²) in [5, 5.41) is 6.22. The largest absolute Gasteiger partial charge is 0.465 e. The summed E-state index contributed by atoms with van der Waals surface area (Å²) < 4.78 is 5.79. The van der Waals surface area contributed by atoms with Gasteiger partial charge in [-0.3, -0.25) is 9.69 Å². The molecule has 1 unspecified atom stereocenters. The van der Waals surface area contributed by atoms with Crippen molar-refractivity contribution in [1.29, 1.82) is 0 Å². The van der Waals surface area contributed by atoms with Gasteiger partial charge in [0.1, 0.15) is 11.5 Å². The molecule has 6 heteroatoms. The van der Waals surface area contributed by atoms with Crippen molar-refractivity contribution in [3.63, 3.8) is 0 Å². The van der Waals surface area contributed by atoms with Gasteiger partial charge in [0.2, 0.25) is 5.91 Å².